The molecule has 0 aliphatic heterocycles. The van der Waals surface area contributed by atoms with Gasteiger partial charge in [0.1, 0.15) is 5.56 Å². The molecular weight excluding hydrogens is 410 g/mol. The van der Waals surface area contributed by atoms with Gasteiger partial charge in [0.2, 0.25) is 5.75 Å². The number of ether oxygens (including phenoxy) is 4. The van der Waals surface area contributed by atoms with E-state index in [-0.39, 0.29) is 23.1 Å². The number of nitrogens with one attached hydrogen (secondary N) is 1. The van der Waals surface area contributed by atoms with Gasteiger partial charge >= 0.3 is 5.97 Å². The van der Waals surface area contributed by atoms with E-state index in [1.807, 2.05) is 60.7 Å². The lowest BCUT2D eigenvalue weighted by molar-refractivity contribution is -0.124. The number of amides is 1. The molecule has 0 aliphatic rings. The molecular formula is C25H25NO6. The monoisotopic (exact) mass is 435 g/mol. The second-order valence-corrected chi connectivity index (χ2v) is 6.78. The van der Waals surface area contributed by atoms with Crippen LogP contribution in [-0.4, -0.2) is 39.8 Å². The van der Waals surface area contributed by atoms with Crippen LogP contribution in [0.5, 0.6) is 17.2 Å². The molecule has 0 atom stereocenters. The molecule has 166 valence electrons. The van der Waals surface area contributed by atoms with Crippen molar-refractivity contribution in [3.8, 4) is 17.2 Å². The summed E-state index contributed by atoms with van der Waals surface area (Å²) in [5.74, 6) is -0.303. The molecule has 0 spiro atoms. The topological polar surface area (TPSA) is 83.1 Å². The largest absolute Gasteiger partial charge is 0.493 e. The van der Waals surface area contributed by atoms with Crippen LogP contribution >= 0.6 is 0 Å². The van der Waals surface area contributed by atoms with E-state index in [9.17, 15) is 9.59 Å². The highest BCUT2D eigenvalue weighted by atomic mass is 16.5. The molecule has 1 amide bonds. The molecule has 3 aromatic carbocycles. The Hall–Kier alpha value is -4.00. The van der Waals surface area contributed by atoms with Crippen LogP contribution in [0.4, 0.5) is 0 Å². The van der Waals surface area contributed by atoms with Crippen LogP contribution in [0.15, 0.2) is 72.8 Å². The van der Waals surface area contributed by atoms with Crippen molar-refractivity contribution in [3.05, 3.63) is 89.5 Å². The summed E-state index contributed by atoms with van der Waals surface area (Å²) < 4.78 is 21.1. The van der Waals surface area contributed by atoms with Crippen molar-refractivity contribution in [2.75, 3.05) is 27.9 Å². The van der Waals surface area contributed by atoms with Crippen molar-refractivity contribution < 1.29 is 28.5 Å². The van der Waals surface area contributed by atoms with Gasteiger partial charge in [-0.2, -0.15) is 0 Å². The summed E-state index contributed by atoms with van der Waals surface area (Å²) in [4.78, 5) is 25.3. The molecule has 0 saturated carbocycles. The van der Waals surface area contributed by atoms with E-state index in [0.29, 0.717) is 5.75 Å². The van der Waals surface area contributed by atoms with Crippen molar-refractivity contribution in [1.82, 2.24) is 5.32 Å². The quantitative estimate of drug-likeness (QED) is 0.515. The fourth-order valence-electron chi connectivity index (χ4n) is 3.32. The summed E-state index contributed by atoms with van der Waals surface area (Å²) in [6.45, 7) is -0.452. The Morgan fingerprint density at radius 3 is 1.81 bits per heavy atom. The van der Waals surface area contributed by atoms with E-state index < -0.39 is 18.5 Å². The molecule has 32 heavy (non-hydrogen) atoms. The molecule has 3 rings (SSSR count). The summed E-state index contributed by atoms with van der Waals surface area (Å²) in [6, 6.07) is 21.8. The maximum Gasteiger partial charge on any atom is 0.342 e. The lowest BCUT2D eigenvalue weighted by Crippen LogP contribution is -2.33. The number of hydrogen-bond donors (Lipinski definition) is 1. The Labute approximate surface area is 186 Å². The number of rotatable bonds is 9. The van der Waals surface area contributed by atoms with Crippen LogP contribution in [0.1, 0.15) is 27.5 Å². The van der Waals surface area contributed by atoms with Gasteiger partial charge in [0.25, 0.3) is 5.91 Å². The average Bonchev–Trinajstić information content (AvgIpc) is 2.85. The normalized spacial score (nSPS) is 10.4. The first kappa shape index (κ1) is 22.7. The number of carbonyl (C=O) groups excluding carboxylic acids is 2. The molecule has 3 aromatic rings. The summed E-state index contributed by atoms with van der Waals surface area (Å²) >= 11 is 0. The van der Waals surface area contributed by atoms with Crippen molar-refractivity contribution >= 4 is 11.9 Å². The van der Waals surface area contributed by atoms with Crippen LogP contribution in [0.2, 0.25) is 0 Å². The average molecular weight is 435 g/mol. The first-order valence-electron chi connectivity index (χ1n) is 9.94. The maximum atomic E-state index is 12.6. The van der Waals surface area contributed by atoms with Crippen molar-refractivity contribution in [1.29, 1.82) is 0 Å². The van der Waals surface area contributed by atoms with Crippen LogP contribution in [-0.2, 0) is 9.53 Å². The summed E-state index contributed by atoms with van der Waals surface area (Å²) in [5.41, 5.74) is 1.96. The molecule has 0 saturated heterocycles. The molecule has 7 heteroatoms. The number of carbonyl (C=O) groups is 2. The number of benzene rings is 3. The molecule has 0 aliphatic carbocycles. The van der Waals surface area contributed by atoms with Crippen molar-refractivity contribution in [2.45, 2.75) is 6.04 Å². The highest BCUT2D eigenvalue weighted by Crippen LogP contribution is 2.39. The molecule has 0 radical (unpaired) electrons. The predicted molar refractivity (Wildman–Crippen MR) is 119 cm³/mol. The van der Waals surface area contributed by atoms with E-state index in [4.69, 9.17) is 18.9 Å². The highest BCUT2D eigenvalue weighted by Gasteiger charge is 2.23. The Balaban J connectivity index is 1.73. The molecule has 0 aromatic heterocycles. The van der Waals surface area contributed by atoms with Gasteiger partial charge in [0.15, 0.2) is 18.1 Å². The third kappa shape index (κ3) is 5.18. The van der Waals surface area contributed by atoms with Crippen molar-refractivity contribution in [3.63, 3.8) is 0 Å². The van der Waals surface area contributed by atoms with Gasteiger partial charge in [-0.25, -0.2) is 4.79 Å². The fourth-order valence-corrected chi connectivity index (χ4v) is 3.32. The number of hydrogen-bond acceptors (Lipinski definition) is 6. The number of methoxy groups -OCH3 is 3. The summed E-state index contributed by atoms with van der Waals surface area (Å²) in [5, 5.41) is 2.93. The summed E-state index contributed by atoms with van der Waals surface area (Å²) in [6.07, 6.45) is 0. The lowest BCUT2D eigenvalue weighted by Gasteiger charge is -2.20. The highest BCUT2D eigenvalue weighted by molar-refractivity contribution is 5.95. The Morgan fingerprint density at radius 2 is 1.31 bits per heavy atom. The molecule has 0 heterocycles. The van der Waals surface area contributed by atoms with Gasteiger partial charge in [-0.05, 0) is 23.3 Å². The van der Waals surface area contributed by atoms with Crippen LogP contribution in [0.25, 0.3) is 0 Å². The second-order valence-electron chi connectivity index (χ2n) is 6.78. The zero-order chi connectivity index (χ0) is 22.9. The number of esters is 1. The zero-order valence-corrected chi connectivity index (χ0v) is 18.2. The Bertz CT molecular complexity index is 1010. The third-order valence-corrected chi connectivity index (χ3v) is 4.83. The minimum atomic E-state index is -0.714. The van der Waals surface area contributed by atoms with Crippen LogP contribution < -0.4 is 19.5 Å². The van der Waals surface area contributed by atoms with Crippen LogP contribution in [0, 0.1) is 0 Å². The van der Waals surface area contributed by atoms with Gasteiger partial charge in [-0.15, -0.1) is 0 Å². The molecule has 1 N–H and O–H groups in total. The Morgan fingerprint density at radius 1 is 0.750 bits per heavy atom. The summed E-state index contributed by atoms with van der Waals surface area (Å²) in [7, 11) is 4.33. The standard InChI is InChI=1S/C25H25NO6/c1-29-20-15-14-19(23(30-2)24(20)31-3)25(28)32-16-21(27)26-22(17-10-6-4-7-11-17)18-12-8-5-9-13-18/h4-15,22H,16H2,1-3H3,(H,26,27). The minimum Gasteiger partial charge on any atom is -0.493 e. The van der Waals surface area contributed by atoms with E-state index >= 15 is 0 Å². The van der Waals surface area contributed by atoms with Gasteiger partial charge in [-0.3, -0.25) is 4.79 Å². The second kappa shape index (κ2) is 10.9. The van der Waals surface area contributed by atoms with E-state index in [1.54, 1.807) is 6.07 Å². The van der Waals surface area contributed by atoms with Gasteiger partial charge in [-0.1, -0.05) is 60.7 Å². The van der Waals surface area contributed by atoms with E-state index in [0.717, 1.165) is 11.1 Å². The van der Waals surface area contributed by atoms with E-state index in [1.165, 1.54) is 27.4 Å². The predicted octanol–water partition coefficient (Wildman–Crippen LogP) is 3.78. The van der Waals surface area contributed by atoms with Gasteiger partial charge < -0.3 is 24.3 Å². The Kier molecular flexibility index (Phi) is 7.70. The molecule has 0 fully saturated rings. The molecule has 7 nitrogen and oxygen atoms in total. The smallest absolute Gasteiger partial charge is 0.342 e. The van der Waals surface area contributed by atoms with E-state index in [2.05, 4.69) is 5.32 Å². The fraction of sp³-hybridized carbons (Fsp3) is 0.200. The van der Waals surface area contributed by atoms with Gasteiger partial charge in [0.05, 0.1) is 27.4 Å². The first-order valence-corrected chi connectivity index (χ1v) is 9.94. The van der Waals surface area contributed by atoms with Gasteiger partial charge in [0, 0.05) is 0 Å². The first-order chi connectivity index (χ1) is 15.6. The molecule has 0 bridgehead atoms. The minimum absolute atomic E-state index is 0.126. The lowest BCUT2D eigenvalue weighted by atomic mass is 9.99. The van der Waals surface area contributed by atoms with Crippen LogP contribution in [0.3, 0.4) is 0 Å². The maximum absolute atomic E-state index is 12.6. The SMILES string of the molecule is COc1ccc(C(=O)OCC(=O)NC(c2ccccc2)c2ccccc2)c(OC)c1OC. The third-order valence-electron chi connectivity index (χ3n) is 4.83. The zero-order valence-electron chi connectivity index (χ0n) is 18.2. The van der Waals surface area contributed by atoms with Crippen molar-refractivity contribution in [2.24, 2.45) is 0 Å². The molecule has 0 unspecified atom stereocenters.